The summed E-state index contributed by atoms with van der Waals surface area (Å²) in [6, 6.07) is 38.7. The van der Waals surface area contributed by atoms with Crippen LogP contribution in [-0.4, -0.2) is 17.8 Å². The molecule has 1 aliphatic heterocycles. The molecule has 0 aliphatic carbocycles. The number of nitrogens with zero attached hydrogens (tertiary/aromatic N) is 3. The van der Waals surface area contributed by atoms with Crippen LogP contribution in [-0.2, 0) is 0 Å². The Labute approximate surface area is 210 Å². The third-order valence-electron chi connectivity index (χ3n) is 6.41. The highest BCUT2D eigenvalue weighted by Gasteiger charge is 2.30. The van der Waals surface area contributed by atoms with Crippen molar-refractivity contribution in [2.45, 2.75) is 12.5 Å². The van der Waals surface area contributed by atoms with Crippen molar-refractivity contribution < 1.29 is 9.47 Å². The van der Waals surface area contributed by atoms with Gasteiger partial charge in [0.15, 0.2) is 0 Å². The van der Waals surface area contributed by atoms with Crippen LogP contribution in [0.5, 0.6) is 17.4 Å². The maximum Gasteiger partial charge on any atom is 0.219 e. The van der Waals surface area contributed by atoms with Gasteiger partial charge in [0.2, 0.25) is 5.88 Å². The summed E-state index contributed by atoms with van der Waals surface area (Å²) >= 11 is 0. The number of ether oxygens (including phenoxy) is 2. The van der Waals surface area contributed by atoms with E-state index >= 15 is 0 Å². The third kappa shape index (κ3) is 4.39. The molecule has 4 aromatic carbocycles. The molecule has 0 radical (unpaired) electrons. The quantitative estimate of drug-likeness (QED) is 0.259. The molecule has 0 N–H and O–H groups in total. The monoisotopic (exact) mass is 471 g/mol. The Morgan fingerprint density at radius 3 is 2.22 bits per heavy atom. The first-order valence-corrected chi connectivity index (χ1v) is 12.0. The van der Waals surface area contributed by atoms with Gasteiger partial charge in [0, 0.05) is 17.9 Å². The number of para-hydroxylation sites is 2. The van der Waals surface area contributed by atoms with Gasteiger partial charge in [0.05, 0.1) is 30.1 Å². The van der Waals surface area contributed by atoms with Crippen LogP contribution in [0.25, 0.3) is 10.9 Å². The third-order valence-corrected chi connectivity index (χ3v) is 6.41. The molecule has 0 amide bonds. The zero-order chi connectivity index (χ0) is 24.3. The normalized spacial score (nSPS) is 15.1. The lowest BCUT2D eigenvalue weighted by atomic mass is 9.98. The number of hydrogen-bond acceptors (Lipinski definition) is 5. The van der Waals surface area contributed by atoms with Gasteiger partial charge in [0.25, 0.3) is 0 Å². The zero-order valence-corrected chi connectivity index (χ0v) is 19.9. The Kier molecular flexibility index (Phi) is 5.80. The van der Waals surface area contributed by atoms with E-state index in [1.807, 2.05) is 78.9 Å². The number of hydrazone groups is 1. The summed E-state index contributed by atoms with van der Waals surface area (Å²) in [4.78, 5) is 4.62. The van der Waals surface area contributed by atoms with Gasteiger partial charge in [-0.1, -0.05) is 48.5 Å². The van der Waals surface area contributed by atoms with Crippen molar-refractivity contribution in [3.8, 4) is 17.4 Å². The van der Waals surface area contributed by atoms with Gasteiger partial charge >= 0.3 is 0 Å². The molecule has 0 bridgehead atoms. The highest BCUT2D eigenvalue weighted by Crippen LogP contribution is 2.37. The average molecular weight is 472 g/mol. The minimum atomic E-state index is 0.0809. The molecule has 0 spiro atoms. The zero-order valence-electron chi connectivity index (χ0n) is 19.9. The average Bonchev–Trinajstić information content (AvgIpc) is 3.39. The smallest absolute Gasteiger partial charge is 0.219 e. The number of methoxy groups -OCH3 is 1. The molecule has 2 heterocycles. The Morgan fingerprint density at radius 2 is 1.44 bits per heavy atom. The maximum atomic E-state index is 6.06. The van der Waals surface area contributed by atoms with Crippen LogP contribution in [0.2, 0.25) is 0 Å². The highest BCUT2D eigenvalue weighted by atomic mass is 16.5. The highest BCUT2D eigenvalue weighted by molar-refractivity contribution is 6.03. The lowest BCUT2D eigenvalue weighted by Gasteiger charge is -2.24. The molecule has 36 heavy (non-hydrogen) atoms. The molecule has 6 rings (SSSR count). The topological polar surface area (TPSA) is 47.0 Å². The van der Waals surface area contributed by atoms with Gasteiger partial charge in [-0.05, 0) is 71.8 Å². The van der Waals surface area contributed by atoms with Gasteiger partial charge in [-0.2, -0.15) is 5.10 Å². The van der Waals surface area contributed by atoms with Crippen LogP contribution in [0.3, 0.4) is 0 Å². The van der Waals surface area contributed by atoms with Crippen LogP contribution in [0.1, 0.15) is 23.6 Å². The number of fused-ring (bicyclic) bond motifs is 1. The predicted octanol–water partition coefficient (Wildman–Crippen LogP) is 7.39. The molecule has 1 unspecified atom stereocenters. The summed E-state index contributed by atoms with van der Waals surface area (Å²) in [5.74, 6) is 2.17. The number of rotatable bonds is 6. The molecule has 176 valence electrons. The van der Waals surface area contributed by atoms with E-state index in [0.29, 0.717) is 5.88 Å². The van der Waals surface area contributed by atoms with Gasteiger partial charge in [-0.25, -0.2) is 4.98 Å². The van der Waals surface area contributed by atoms with Crippen molar-refractivity contribution in [1.82, 2.24) is 4.98 Å². The molecule has 1 atom stereocenters. The SMILES string of the molecule is COc1ccc(C2=NN(c3ccccc3)C(c3ccc(Oc4ccc5ccccc5n4)cc3)C2)cc1. The molecule has 0 fully saturated rings. The van der Waals surface area contributed by atoms with Crippen LogP contribution in [0, 0.1) is 0 Å². The van der Waals surface area contributed by atoms with E-state index in [1.165, 1.54) is 5.56 Å². The summed E-state index contributed by atoms with van der Waals surface area (Å²) in [7, 11) is 1.68. The predicted molar refractivity (Wildman–Crippen MR) is 144 cm³/mol. The number of aromatic nitrogens is 1. The summed E-state index contributed by atoms with van der Waals surface area (Å²) in [5.41, 5.74) is 5.30. The van der Waals surface area contributed by atoms with Gasteiger partial charge in [-0.3, -0.25) is 5.01 Å². The van der Waals surface area contributed by atoms with E-state index in [9.17, 15) is 0 Å². The summed E-state index contributed by atoms with van der Waals surface area (Å²) in [6.45, 7) is 0. The molecular formula is C31H25N3O2. The fourth-order valence-corrected chi connectivity index (χ4v) is 4.53. The Morgan fingerprint density at radius 1 is 0.722 bits per heavy atom. The standard InChI is InChI=1S/C31H25N3O2/c1-35-26-16-11-23(12-17-26)29-21-30(34(33-29)25-8-3-2-4-9-25)24-13-18-27(19-14-24)36-31-20-15-22-7-5-6-10-28(22)32-31/h2-20,30H,21H2,1H3. The molecular weight excluding hydrogens is 446 g/mol. The molecule has 5 aromatic rings. The van der Waals surface area contributed by atoms with Crippen LogP contribution in [0.15, 0.2) is 120 Å². The minimum Gasteiger partial charge on any atom is -0.497 e. The van der Waals surface area contributed by atoms with Crippen molar-refractivity contribution in [3.63, 3.8) is 0 Å². The minimum absolute atomic E-state index is 0.0809. The molecule has 5 nitrogen and oxygen atoms in total. The molecule has 1 aromatic heterocycles. The van der Waals surface area contributed by atoms with Gasteiger partial charge in [0.1, 0.15) is 11.5 Å². The Bertz CT molecular complexity index is 1510. The summed E-state index contributed by atoms with van der Waals surface area (Å²) in [5, 5.41) is 8.23. The fraction of sp³-hybridized carbons (Fsp3) is 0.0968. The van der Waals surface area contributed by atoms with E-state index in [0.717, 1.165) is 45.8 Å². The number of hydrogen-bond donors (Lipinski definition) is 0. The van der Waals surface area contributed by atoms with Crippen LogP contribution in [0.4, 0.5) is 5.69 Å². The maximum absolute atomic E-state index is 6.06. The first-order chi connectivity index (χ1) is 17.8. The second-order valence-corrected chi connectivity index (χ2v) is 8.69. The number of pyridine rings is 1. The van der Waals surface area contributed by atoms with Crippen molar-refractivity contribution in [2.24, 2.45) is 5.10 Å². The second-order valence-electron chi connectivity index (χ2n) is 8.69. The molecule has 5 heteroatoms. The molecule has 0 saturated heterocycles. The van der Waals surface area contributed by atoms with E-state index in [-0.39, 0.29) is 6.04 Å². The second kappa shape index (κ2) is 9.55. The van der Waals surface area contributed by atoms with Crippen LogP contribution >= 0.6 is 0 Å². The lowest BCUT2D eigenvalue weighted by Crippen LogP contribution is -2.18. The van der Waals surface area contributed by atoms with Crippen molar-refractivity contribution in [3.05, 3.63) is 126 Å². The van der Waals surface area contributed by atoms with E-state index < -0.39 is 0 Å². The summed E-state index contributed by atoms with van der Waals surface area (Å²) in [6.07, 6.45) is 0.799. The van der Waals surface area contributed by atoms with E-state index in [2.05, 4.69) is 46.4 Å². The fourth-order valence-electron chi connectivity index (χ4n) is 4.53. The summed E-state index contributed by atoms with van der Waals surface area (Å²) < 4.78 is 11.4. The van der Waals surface area contributed by atoms with Crippen molar-refractivity contribution in [1.29, 1.82) is 0 Å². The molecule has 0 saturated carbocycles. The lowest BCUT2D eigenvalue weighted by molar-refractivity contribution is 0.415. The molecule has 1 aliphatic rings. The Balaban J connectivity index is 1.26. The first kappa shape index (κ1) is 21.9. The van der Waals surface area contributed by atoms with Gasteiger partial charge < -0.3 is 9.47 Å². The van der Waals surface area contributed by atoms with Gasteiger partial charge in [-0.15, -0.1) is 0 Å². The van der Waals surface area contributed by atoms with E-state index in [1.54, 1.807) is 7.11 Å². The Hall–Kier alpha value is -4.64. The number of anilines is 1. The van der Waals surface area contributed by atoms with Crippen molar-refractivity contribution in [2.75, 3.05) is 12.1 Å². The number of benzene rings is 4. The van der Waals surface area contributed by atoms with Crippen molar-refractivity contribution >= 4 is 22.3 Å². The van der Waals surface area contributed by atoms with Crippen LogP contribution < -0.4 is 14.5 Å². The first-order valence-electron chi connectivity index (χ1n) is 12.0. The largest absolute Gasteiger partial charge is 0.497 e. The van der Waals surface area contributed by atoms with E-state index in [4.69, 9.17) is 14.6 Å².